The minimum Gasteiger partial charge on any atom is -0.462 e. The Morgan fingerprint density at radius 2 is 0.983 bits per heavy atom. The van der Waals surface area contributed by atoms with E-state index < -0.39 is 5.97 Å². The zero-order chi connectivity index (χ0) is 40.9. The van der Waals surface area contributed by atoms with Crippen LogP contribution in [0.4, 0.5) is 0 Å². The third-order valence-corrected chi connectivity index (χ3v) is 13.1. The van der Waals surface area contributed by atoms with Crippen LogP contribution in [0.1, 0.15) is 49.4 Å². The van der Waals surface area contributed by atoms with Crippen LogP contribution in [0.25, 0.3) is 98.0 Å². The van der Waals surface area contributed by atoms with Crippen LogP contribution in [0.2, 0.25) is 0 Å². The molecular formula is C56H42O4. The van der Waals surface area contributed by atoms with Crippen LogP contribution < -0.4 is 0 Å². The lowest BCUT2D eigenvalue weighted by atomic mass is 9.80. The first-order chi connectivity index (χ1) is 29.2. The fourth-order valence-corrected chi connectivity index (χ4v) is 10.2. The van der Waals surface area contributed by atoms with Gasteiger partial charge >= 0.3 is 11.9 Å². The van der Waals surface area contributed by atoms with Crippen molar-refractivity contribution in [1.29, 1.82) is 0 Å². The van der Waals surface area contributed by atoms with E-state index in [9.17, 15) is 9.59 Å². The van der Waals surface area contributed by atoms with Gasteiger partial charge in [-0.15, -0.1) is 0 Å². The standard InChI is InChI=1S/C56H42O4/c1-5-50(57)59-24-23-32-25-38-9-7-34-11-17-42(46-21-15-40(26-32)52(38)54(34)46)36-13-19-44-45-20-14-37(30-49(45)56(3,4)48(44)29-36)43-18-12-35-8-10-39-27-33(31-60-51(58)6-2)28-41-16-22-47(43)55(35)53(39)41/h5,7-22,25-30H,1,6,23-24,31H2,2-4H3. The molecule has 0 fully saturated rings. The number of carbonyl (C=O) groups is 2. The second-order valence-corrected chi connectivity index (χ2v) is 16.9. The van der Waals surface area contributed by atoms with Crippen molar-refractivity contribution in [3.05, 3.63) is 168 Å². The maximum Gasteiger partial charge on any atom is 0.330 e. The van der Waals surface area contributed by atoms with Gasteiger partial charge in [-0.2, -0.15) is 0 Å². The zero-order valence-corrected chi connectivity index (χ0v) is 33.9. The number of hydrogen-bond donors (Lipinski definition) is 0. The Kier molecular flexibility index (Phi) is 8.12. The highest BCUT2D eigenvalue weighted by Gasteiger charge is 2.36. The highest BCUT2D eigenvalue weighted by atomic mass is 16.5. The van der Waals surface area contributed by atoms with Crippen molar-refractivity contribution < 1.29 is 19.1 Å². The molecule has 0 saturated carbocycles. The molecule has 1 aliphatic rings. The summed E-state index contributed by atoms with van der Waals surface area (Å²) >= 11 is 0. The van der Waals surface area contributed by atoms with Crippen molar-refractivity contribution in [2.24, 2.45) is 0 Å². The largest absolute Gasteiger partial charge is 0.462 e. The minimum atomic E-state index is -0.394. The monoisotopic (exact) mass is 778 g/mol. The first-order valence-electron chi connectivity index (χ1n) is 20.9. The molecule has 290 valence electrons. The van der Waals surface area contributed by atoms with E-state index >= 15 is 0 Å². The molecule has 0 bridgehead atoms. The fraction of sp³-hybridized carbons (Fsp3) is 0.143. The van der Waals surface area contributed by atoms with Crippen LogP contribution in [0.3, 0.4) is 0 Å². The van der Waals surface area contributed by atoms with E-state index in [1.807, 2.05) is 6.92 Å². The summed E-state index contributed by atoms with van der Waals surface area (Å²) in [5, 5.41) is 14.7. The number of benzene rings is 10. The van der Waals surface area contributed by atoms with Gasteiger partial charge in [0.25, 0.3) is 0 Å². The van der Waals surface area contributed by atoms with Crippen LogP contribution in [0.15, 0.2) is 146 Å². The lowest BCUT2D eigenvalue weighted by Crippen LogP contribution is -2.15. The molecule has 60 heavy (non-hydrogen) atoms. The van der Waals surface area contributed by atoms with Crippen LogP contribution in [-0.4, -0.2) is 18.5 Å². The highest BCUT2D eigenvalue weighted by molar-refractivity contribution is 6.27. The van der Waals surface area contributed by atoms with Crippen molar-refractivity contribution in [3.63, 3.8) is 0 Å². The molecule has 0 N–H and O–H groups in total. The van der Waals surface area contributed by atoms with Gasteiger partial charge in [-0.25, -0.2) is 4.79 Å². The lowest BCUT2D eigenvalue weighted by molar-refractivity contribution is -0.144. The SMILES string of the molecule is C=CC(=O)OCCc1cc2ccc3ccc(-c4ccc5c(c4)C(C)(C)c4cc(-c6ccc7ccc8cc(COC(=O)CC)cc9ccc6c7c89)ccc4-5)c4ccc(c1)c2c34. The molecule has 0 aliphatic heterocycles. The van der Waals surface area contributed by atoms with Crippen molar-refractivity contribution in [1.82, 2.24) is 0 Å². The molecule has 0 heterocycles. The fourth-order valence-electron chi connectivity index (χ4n) is 10.2. The molecule has 10 aromatic carbocycles. The number of ether oxygens (including phenoxy) is 2. The summed E-state index contributed by atoms with van der Waals surface area (Å²) in [5.41, 5.74) is 12.1. The number of fused-ring (bicyclic) bond motifs is 3. The average Bonchev–Trinajstić information content (AvgIpc) is 3.50. The van der Waals surface area contributed by atoms with E-state index in [1.165, 1.54) is 104 Å². The third kappa shape index (κ3) is 5.51. The Labute approximate surface area is 348 Å². The minimum absolute atomic E-state index is 0.186. The highest BCUT2D eigenvalue weighted by Crippen LogP contribution is 2.52. The van der Waals surface area contributed by atoms with Crippen molar-refractivity contribution >= 4 is 76.6 Å². The molecule has 0 spiro atoms. The van der Waals surface area contributed by atoms with E-state index in [4.69, 9.17) is 9.47 Å². The van der Waals surface area contributed by atoms with Gasteiger partial charge < -0.3 is 9.47 Å². The molecule has 1 aliphatic carbocycles. The summed E-state index contributed by atoms with van der Waals surface area (Å²) in [6, 6.07) is 49.8. The Morgan fingerprint density at radius 1 is 0.533 bits per heavy atom. The van der Waals surface area contributed by atoms with Gasteiger partial charge in [0.2, 0.25) is 0 Å². The van der Waals surface area contributed by atoms with Gasteiger partial charge in [0.1, 0.15) is 6.61 Å². The second-order valence-electron chi connectivity index (χ2n) is 16.9. The Bertz CT molecular complexity index is 3390. The van der Waals surface area contributed by atoms with E-state index in [2.05, 4.69) is 154 Å². The maximum atomic E-state index is 11.9. The predicted molar refractivity (Wildman–Crippen MR) is 247 cm³/mol. The van der Waals surface area contributed by atoms with E-state index in [0.717, 1.165) is 21.9 Å². The van der Waals surface area contributed by atoms with Crippen LogP contribution in [0, 0.1) is 0 Å². The molecule has 0 unspecified atom stereocenters. The molecule has 0 saturated heterocycles. The van der Waals surface area contributed by atoms with Crippen molar-refractivity contribution in [3.8, 4) is 33.4 Å². The van der Waals surface area contributed by atoms with Crippen LogP contribution >= 0.6 is 0 Å². The zero-order valence-electron chi connectivity index (χ0n) is 33.9. The summed E-state index contributed by atoms with van der Waals surface area (Å²) < 4.78 is 10.8. The summed E-state index contributed by atoms with van der Waals surface area (Å²) in [5.74, 6) is -0.580. The third-order valence-electron chi connectivity index (χ3n) is 13.1. The molecule has 10 aromatic rings. The summed E-state index contributed by atoms with van der Waals surface area (Å²) in [6.45, 7) is 10.7. The van der Waals surface area contributed by atoms with E-state index in [0.29, 0.717) is 19.4 Å². The second kappa shape index (κ2) is 13.5. The number of esters is 2. The summed E-state index contributed by atoms with van der Waals surface area (Å²) in [4.78, 5) is 23.5. The van der Waals surface area contributed by atoms with Crippen molar-refractivity contribution in [2.75, 3.05) is 6.61 Å². The molecule has 4 nitrogen and oxygen atoms in total. The molecule has 0 amide bonds. The Hall–Kier alpha value is -7.04. The summed E-state index contributed by atoms with van der Waals surface area (Å²) in [7, 11) is 0. The molecule has 0 atom stereocenters. The molecule has 0 radical (unpaired) electrons. The van der Waals surface area contributed by atoms with Gasteiger partial charge in [0.15, 0.2) is 0 Å². The van der Waals surface area contributed by atoms with Gasteiger partial charge in [0, 0.05) is 24.3 Å². The molecule has 0 aromatic heterocycles. The van der Waals surface area contributed by atoms with Gasteiger partial charge in [0.05, 0.1) is 6.61 Å². The normalized spacial score (nSPS) is 13.2. The summed E-state index contributed by atoms with van der Waals surface area (Å²) in [6.07, 6.45) is 2.23. The van der Waals surface area contributed by atoms with Crippen LogP contribution in [-0.2, 0) is 37.5 Å². The molecule has 11 rings (SSSR count). The number of hydrogen-bond acceptors (Lipinski definition) is 4. The van der Waals surface area contributed by atoms with Crippen LogP contribution in [0.5, 0.6) is 0 Å². The van der Waals surface area contributed by atoms with Crippen molar-refractivity contribution in [2.45, 2.75) is 45.6 Å². The molecular weight excluding hydrogens is 737 g/mol. The van der Waals surface area contributed by atoms with Gasteiger partial charge in [-0.3, -0.25) is 4.79 Å². The number of carbonyl (C=O) groups excluding carboxylic acids is 2. The maximum absolute atomic E-state index is 11.9. The molecule has 4 heteroatoms. The Balaban J connectivity index is 0.960. The first-order valence-corrected chi connectivity index (χ1v) is 20.9. The van der Waals surface area contributed by atoms with Gasteiger partial charge in [-0.1, -0.05) is 137 Å². The lowest BCUT2D eigenvalue weighted by Gasteiger charge is -2.23. The Morgan fingerprint density at radius 3 is 1.48 bits per heavy atom. The number of rotatable bonds is 9. The van der Waals surface area contributed by atoms with Gasteiger partial charge in [-0.05, 0) is 145 Å². The predicted octanol–water partition coefficient (Wildman–Crippen LogP) is 13.8. The average molecular weight is 779 g/mol. The quantitative estimate of drug-likeness (QED) is 0.0832. The first kappa shape index (κ1) is 36.1. The van der Waals surface area contributed by atoms with E-state index in [1.54, 1.807) is 0 Å². The topological polar surface area (TPSA) is 52.6 Å². The van der Waals surface area contributed by atoms with E-state index in [-0.39, 0.29) is 18.0 Å². The smallest absolute Gasteiger partial charge is 0.330 e.